The molecule has 0 aliphatic rings. The highest BCUT2D eigenvalue weighted by Gasteiger charge is 2.10. The Kier molecular flexibility index (Phi) is 3.15. The van der Waals surface area contributed by atoms with Gasteiger partial charge in [0.15, 0.2) is 10.8 Å². The minimum Gasteiger partial charge on any atom is -0.372 e. The molecule has 0 saturated heterocycles. The summed E-state index contributed by atoms with van der Waals surface area (Å²) in [5, 5.41) is 4.17. The van der Waals surface area contributed by atoms with Crippen molar-refractivity contribution in [2.75, 3.05) is 12.4 Å². The number of hydrogen-bond donors (Lipinski definition) is 2. The molecule has 0 fully saturated rings. The van der Waals surface area contributed by atoms with E-state index in [9.17, 15) is 4.79 Å². The first-order chi connectivity index (χ1) is 9.65. The second kappa shape index (κ2) is 4.97. The van der Waals surface area contributed by atoms with Crippen LogP contribution in [0.15, 0.2) is 39.6 Å². The first kappa shape index (κ1) is 12.7. The van der Waals surface area contributed by atoms with Crippen molar-refractivity contribution in [3.63, 3.8) is 0 Å². The molecule has 0 aliphatic carbocycles. The molecule has 0 aromatic carbocycles. The zero-order chi connectivity index (χ0) is 14.1. The Morgan fingerprint density at radius 1 is 1.40 bits per heavy atom. The molecule has 0 atom stereocenters. The summed E-state index contributed by atoms with van der Waals surface area (Å²) in [5.41, 5.74) is 1.21. The molecule has 0 bridgehead atoms. The van der Waals surface area contributed by atoms with Gasteiger partial charge in [-0.15, -0.1) is 0 Å². The lowest BCUT2D eigenvalue weighted by atomic mass is 10.5. The predicted octanol–water partition coefficient (Wildman–Crippen LogP) is 1.31. The van der Waals surface area contributed by atoms with Gasteiger partial charge in [0.25, 0.3) is 5.56 Å². The van der Waals surface area contributed by atoms with Gasteiger partial charge in [-0.2, -0.15) is 0 Å². The average molecular weight is 288 g/mol. The van der Waals surface area contributed by atoms with Crippen LogP contribution in [-0.4, -0.2) is 31.4 Å². The second-order valence-electron chi connectivity index (χ2n) is 4.13. The van der Waals surface area contributed by atoms with E-state index in [1.54, 1.807) is 20.2 Å². The van der Waals surface area contributed by atoms with Crippen LogP contribution in [0.2, 0.25) is 0 Å². The zero-order valence-corrected chi connectivity index (χ0v) is 11.7. The number of aryl methyl sites for hydroxylation is 1. The van der Waals surface area contributed by atoms with Crippen molar-refractivity contribution in [3.8, 4) is 0 Å². The summed E-state index contributed by atoms with van der Waals surface area (Å²) in [5.74, 6) is 0.716. The normalized spacial score (nSPS) is 10.9. The van der Waals surface area contributed by atoms with Crippen LogP contribution in [-0.2, 0) is 0 Å². The topological polar surface area (TPSA) is 88.0 Å². The second-order valence-corrected chi connectivity index (χ2v) is 5.11. The zero-order valence-electron chi connectivity index (χ0n) is 10.9. The van der Waals surface area contributed by atoms with Gasteiger partial charge in [-0.05, 0) is 18.7 Å². The van der Waals surface area contributed by atoms with Crippen LogP contribution in [0.5, 0.6) is 0 Å². The number of rotatable bonds is 3. The summed E-state index contributed by atoms with van der Waals surface area (Å²) in [4.78, 5) is 27.2. The van der Waals surface area contributed by atoms with Crippen molar-refractivity contribution >= 4 is 23.2 Å². The first-order valence-electron chi connectivity index (χ1n) is 5.93. The van der Waals surface area contributed by atoms with Crippen LogP contribution in [0.3, 0.4) is 0 Å². The fourth-order valence-corrected chi connectivity index (χ4v) is 2.70. The maximum Gasteiger partial charge on any atom is 0.251 e. The predicted molar refractivity (Wildman–Crippen MR) is 76.3 cm³/mol. The molecule has 3 aromatic heterocycles. The number of anilines is 1. The van der Waals surface area contributed by atoms with Crippen LogP contribution < -0.4 is 10.9 Å². The number of hydrogen-bond acceptors (Lipinski definition) is 6. The highest BCUT2D eigenvalue weighted by molar-refractivity contribution is 7.99. The van der Waals surface area contributed by atoms with Gasteiger partial charge in [0.2, 0.25) is 0 Å². The van der Waals surface area contributed by atoms with E-state index in [1.807, 2.05) is 16.8 Å². The van der Waals surface area contributed by atoms with Crippen LogP contribution in [0, 0.1) is 6.92 Å². The van der Waals surface area contributed by atoms with Crippen molar-refractivity contribution in [3.05, 3.63) is 40.7 Å². The summed E-state index contributed by atoms with van der Waals surface area (Å²) in [6, 6.07) is 1.45. The van der Waals surface area contributed by atoms with Crippen molar-refractivity contribution in [1.82, 2.24) is 24.3 Å². The van der Waals surface area contributed by atoms with E-state index in [0.717, 1.165) is 5.65 Å². The highest BCUT2D eigenvalue weighted by atomic mass is 32.2. The van der Waals surface area contributed by atoms with E-state index in [1.165, 1.54) is 17.8 Å². The quantitative estimate of drug-likeness (QED) is 0.707. The summed E-state index contributed by atoms with van der Waals surface area (Å²) < 4.78 is 1.87. The van der Waals surface area contributed by atoms with Crippen molar-refractivity contribution < 1.29 is 0 Å². The summed E-state index contributed by atoms with van der Waals surface area (Å²) in [6.07, 6.45) is 5.39. The third kappa shape index (κ3) is 2.37. The molecule has 0 radical (unpaired) electrons. The highest BCUT2D eigenvalue weighted by Crippen LogP contribution is 2.26. The van der Waals surface area contributed by atoms with Gasteiger partial charge in [0, 0.05) is 31.2 Å². The Morgan fingerprint density at radius 3 is 3.00 bits per heavy atom. The molecule has 7 nitrogen and oxygen atoms in total. The molecule has 0 aliphatic heterocycles. The fourth-order valence-electron chi connectivity index (χ4n) is 1.78. The molecule has 3 aromatic rings. The van der Waals surface area contributed by atoms with E-state index >= 15 is 0 Å². The lowest BCUT2D eigenvalue weighted by molar-refractivity contribution is 0.900. The van der Waals surface area contributed by atoms with E-state index in [2.05, 4.69) is 25.3 Å². The Hall–Kier alpha value is -2.35. The molecule has 0 spiro atoms. The van der Waals surface area contributed by atoms with Crippen molar-refractivity contribution in [2.24, 2.45) is 0 Å². The van der Waals surface area contributed by atoms with E-state index in [0.29, 0.717) is 21.7 Å². The molecular weight excluding hydrogens is 276 g/mol. The van der Waals surface area contributed by atoms with Crippen molar-refractivity contribution in [2.45, 2.75) is 17.1 Å². The van der Waals surface area contributed by atoms with E-state index in [-0.39, 0.29) is 5.56 Å². The monoisotopic (exact) mass is 288 g/mol. The molecule has 0 saturated carbocycles. The van der Waals surface area contributed by atoms with Gasteiger partial charge in [0.1, 0.15) is 10.8 Å². The standard InChI is InChI=1S/C12H12N6OS/c1-7-5-9(19)17-12(15-7)20-11-10-14-3-4-18(10)6-8(13-2)16-11/h3-6,13H,1-2H3,(H,15,17,19). The first-order valence-corrected chi connectivity index (χ1v) is 6.74. The van der Waals surface area contributed by atoms with Gasteiger partial charge in [-0.3, -0.25) is 4.79 Å². The molecule has 3 rings (SSSR count). The summed E-state index contributed by atoms with van der Waals surface area (Å²) in [6.45, 7) is 1.78. The van der Waals surface area contributed by atoms with Crippen molar-refractivity contribution in [1.29, 1.82) is 0 Å². The Labute approximate surface area is 118 Å². The molecular formula is C12H12N6OS. The van der Waals surface area contributed by atoms with Gasteiger partial charge < -0.3 is 14.7 Å². The van der Waals surface area contributed by atoms with E-state index in [4.69, 9.17) is 0 Å². The molecule has 0 amide bonds. The third-order valence-corrected chi connectivity index (χ3v) is 3.49. The number of nitrogens with one attached hydrogen (secondary N) is 2. The minimum atomic E-state index is -0.177. The number of nitrogens with zero attached hydrogens (tertiary/aromatic N) is 4. The maximum absolute atomic E-state index is 11.5. The van der Waals surface area contributed by atoms with E-state index < -0.39 is 0 Å². The Morgan fingerprint density at radius 2 is 2.25 bits per heavy atom. The van der Waals surface area contributed by atoms with Gasteiger partial charge in [-0.25, -0.2) is 15.0 Å². The molecule has 20 heavy (non-hydrogen) atoms. The maximum atomic E-state index is 11.5. The summed E-state index contributed by atoms with van der Waals surface area (Å²) >= 11 is 1.28. The van der Waals surface area contributed by atoms with Crippen LogP contribution in [0.4, 0.5) is 5.82 Å². The fraction of sp³-hybridized carbons (Fsp3) is 0.167. The van der Waals surface area contributed by atoms with Gasteiger partial charge in [0.05, 0.1) is 6.20 Å². The van der Waals surface area contributed by atoms with Crippen LogP contribution in [0.1, 0.15) is 5.69 Å². The molecule has 102 valence electrons. The van der Waals surface area contributed by atoms with Gasteiger partial charge in [-0.1, -0.05) is 0 Å². The number of imidazole rings is 1. The lowest BCUT2D eigenvalue weighted by Crippen LogP contribution is -2.08. The smallest absolute Gasteiger partial charge is 0.251 e. The number of aromatic nitrogens is 5. The largest absolute Gasteiger partial charge is 0.372 e. The third-order valence-electron chi connectivity index (χ3n) is 2.64. The SMILES string of the molecule is CNc1cn2ccnc2c(Sc2nc(C)cc(=O)[nH]2)n1. The van der Waals surface area contributed by atoms with Crippen LogP contribution >= 0.6 is 11.8 Å². The summed E-state index contributed by atoms with van der Waals surface area (Å²) in [7, 11) is 1.80. The Bertz CT molecular complexity index is 824. The molecule has 3 heterocycles. The Balaban J connectivity index is 2.09. The number of fused-ring (bicyclic) bond motifs is 1. The molecule has 2 N–H and O–H groups in total. The molecule has 8 heteroatoms. The average Bonchev–Trinajstić information content (AvgIpc) is 2.85. The van der Waals surface area contributed by atoms with Crippen LogP contribution in [0.25, 0.3) is 5.65 Å². The number of H-pyrrole nitrogens is 1. The minimum absolute atomic E-state index is 0.177. The number of aromatic amines is 1. The lowest BCUT2D eigenvalue weighted by Gasteiger charge is -2.06. The van der Waals surface area contributed by atoms with Gasteiger partial charge >= 0.3 is 0 Å². The molecule has 0 unspecified atom stereocenters.